The first-order valence-corrected chi connectivity index (χ1v) is 6.55. The molecule has 0 aromatic heterocycles. The highest BCUT2D eigenvalue weighted by molar-refractivity contribution is 5.74. The number of carboxylic acid groups (broad SMARTS) is 1. The zero-order valence-corrected chi connectivity index (χ0v) is 11.4. The van der Waals surface area contributed by atoms with Crippen LogP contribution in [0.3, 0.4) is 0 Å². The summed E-state index contributed by atoms with van der Waals surface area (Å²) in [5.74, 6) is -1.28. The summed E-state index contributed by atoms with van der Waals surface area (Å²) in [5, 5.41) is 21.1. The average Bonchev–Trinajstić information content (AvgIpc) is 2.40. The second kappa shape index (κ2) is 5.87. The van der Waals surface area contributed by atoms with E-state index in [4.69, 9.17) is 9.84 Å². The SMILES string of the molecule is C=CCOC(=O)NC1(c2ccc(O)cc2)CC(C(=O)O)C1. The summed E-state index contributed by atoms with van der Waals surface area (Å²) < 4.78 is 4.90. The van der Waals surface area contributed by atoms with Gasteiger partial charge >= 0.3 is 12.1 Å². The van der Waals surface area contributed by atoms with Crippen molar-refractivity contribution < 1.29 is 24.5 Å². The molecule has 112 valence electrons. The Balaban J connectivity index is 2.16. The molecular weight excluding hydrogens is 274 g/mol. The Morgan fingerprint density at radius 3 is 2.52 bits per heavy atom. The molecule has 0 radical (unpaired) electrons. The summed E-state index contributed by atoms with van der Waals surface area (Å²) in [5.41, 5.74) is -0.0250. The van der Waals surface area contributed by atoms with E-state index < -0.39 is 23.5 Å². The van der Waals surface area contributed by atoms with E-state index in [1.807, 2.05) is 0 Å². The summed E-state index contributed by atoms with van der Waals surface area (Å²) in [6, 6.07) is 6.34. The molecule has 0 atom stereocenters. The molecule has 1 aromatic carbocycles. The molecule has 1 amide bonds. The Hall–Kier alpha value is -2.50. The van der Waals surface area contributed by atoms with Crippen LogP contribution in [-0.2, 0) is 15.1 Å². The van der Waals surface area contributed by atoms with Crippen LogP contribution in [0.2, 0.25) is 0 Å². The van der Waals surface area contributed by atoms with Crippen molar-refractivity contribution in [1.82, 2.24) is 5.32 Å². The van der Waals surface area contributed by atoms with Crippen molar-refractivity contribution in [2.24, 2.45) is 5.92 Å². The van der Waals surface area contributed by atoms with E-state index in [2.05, 4.69) is 11.9 Å². The molecule has 6 nitrogen and oxygen atoms in total. The standard InChI is InChI=1S/C15H17NO5/c1-2-7-21-14(20)16-15(8-10(9-15)13(18)19)11-3-5-12(17)6-4-11/h2-6,10,17H,1,7-9H2,(H,16,20)(H,18,19). The van der Waals surface area contributed by atoms with Crippen LogP contribution in [0.15, 0.2) is 36.9 Å². The molecule has 21 heavy (non-hydrogen) atoms. The number of amides is 1. The van der Waals surface area contributed by atoms with Crippen molar-refractivity contribution in [2.45, 2.75) is 18.4 Å². The summed E-state index contributed by atoms with van der Waals surface area (Å²) in [4.78, 5) is 22.8. The van der Waals surface area contributed by atoms with Crippen LogP contribution in [0.5, 0.6) is 5.75 Å². The van der Waals surface area contributed by atoms with Gasteiger partial charge in [0.2, 0.25) is 0 Å². The monoisotopic (exact) mass is 291 g/mol. The van der Waals surface area contributed by atoms with Crippen LogP contribution >= 0.6 is 0 Å². The number of alkyl carbamates (subject to hydrolysis) is 1. The molecule has 3 N–H and O–H groups in total. The first kappa shape index (κ1) is 14.9. The Bertz CT molecular complexity index is 546. The van der Waals surface area contributed by atoms with Crippen molar-refractivity contribution >= 4 is 12.1 Å². The third-order valence-corrected chi connectivity index (χ3v) is 3.63. The van der Waals surface area contributed by atoms with Gasteiger partial charge in [-0.15, -0.1) is 0 Å². The molecule has 2 rings (SSSR count). The molecule has 0 heterocycles. The van der Waals surface area contributed by atoms with Gasteiger partial charge in [0.05, 0.1) is 11.5 Å². The molecule has 0 bridgehead atoms. The number of hydrogen-bond donors (Lipinski definition) is 3. The maximum absolute atomic E-state index is 11.7. The van der Waals surface area contributed by atoms with Crippen molar-refractivity contribution in [3.05, 3.63) is 42.5 Å². The molecule has 1 saturated carbocycles. The van der Waals surface area contributed by atoms with Gasteiger partial charge in [0, 0.05) is 0 Å². The first-order chi connectivity index (χ1) is 9.97. The highest BCUT2D eigenvalue weighted by atomic mass is 16.5. The largest absolute Gasteiger partial charge is 0.508 e. The van der Waals surface area contributed by atoms with Crippen LogP contribution in [-0.4, -0.2) is 28.9 Å². The van der Waals surface area contributed by atoms with E-state index in [1.54, 1.807) is 12.1 Å². The van der Waals surface area contributed by atoms with Crippen LogP contribution in [0.25, 0.3) is 0 Å². The Morgan fingerprint density at radius 2 is 2.00 bits per heavy atom. The molecule has 1 aromatic rings. The lowest BCUT2D eigenvalue weighted by atomic mass is 9.64. The third kappa shape index (κ3) is 3.16. The predicted octanol–water partition coefficient (Wildman–Crippen LogP) is 1.99. The maximum Gasteiger partial charge on any atom is 0.408 e. The van der Waals surface area contributed by atoms with E-state index in [0.29, 0.717) is 0 Å². The summed E-state index contributed by atoms with van der Waals surface area (Å²) >= 11 is 0. The molecule has 0 spiro atoms. The van der Waals surface area contributed by atoms with Gasteiger partial charge in [-0.25, -0.2) is 4.79 Å². The highest BCUT2D eigenvalue weighted by Gasteiger charge is 2.50. The molecule has 0 aliphatic heterocycles. The van der Waals surface area contributed by atoms with Crippen LogP contribution in [0.4, 0.5) is 4.79 Å². The number of carboxylic acids is 1. The third-order valence-electron chi connectivity index (χ3n) is 3.63. The summed E-state index contributed by atoms with van der Waals surface area (Å²) in [6.07, 6.45) is 1.41. The minimum absolute atomic E-state index is 0.0832. The van der Waals surface area contributed by atoms with Gasteiger partial charge in [-0.05, 0) is 30.5 Å². The molecule has 0 saturated heterocycles. The van der Waals surface area contributed by atoms with Gasteiger partial charge in [0.25, 0.3) is 0 Å². The van der Waals surface area contributed by atoms with Gasteiger partial charge < -0.3 is 20.3 Å². The van der Waals surface area contributed by atoms with Gasteiger partial charge in [-0.3, -0.25) is 4.79 Å². The van der Waals surface area contributed by atoms with Crippen molar-refractivity contribution in [3.8, 4) is 5.75 Å². The smallest absolute Gasteiger partial charge is 0.408 e. The molecular formula is C15H17NO5. The van der Waals surface area contributed by atoms with Crippen molar-refractivity contribution in [1.29, 1.82) is 0 Å². The lowest BCUT2D eigenvalue weighted by molar-refractivity contribution is -0.148. The number of aromatic hydroxyl groups is 1. The van der Waals surface area contributed by atoms with Gasteiger partial charge in [0.15, 0.2) is 0 Å². The fourth-order valence-electron chi connectivity index (χ4n) is 2.51. The van der Waals surface area contributed by atoms with Gasteiger partial charge in [0.1, 0.15) is 12.4 Å². The second-order valence-corrected chi connectivity index (χ2v) is 5.08. The predicted molar refractivity (Wildman–Crippen MR) is 74.8 cm³/mol. The number of rotatable bonds is 5. The topological polar surface area (TPSA) is 95.9 Å². The van der Waals surface area contributed by atoms with E-state index in [9.17, 15) is 14.7 Å². The Labute approximate surface area is 122 Å². The van der Waals surface area contributed by atoms with Crippen LogP contribution in [0, 0.1) is 5.92 Å². The normalized spacial score (nSPS) is 23.7. The molecule has 6 heteroatoms. The zero-order valence-electron chi connectivity index (χ0n) is 11.4. The van der Waals surface area contributed by atoms with E-state index >= 15 is 0 Å². The van der Waals surface area contributed by atoms with Crippen molar-refractivity contribution in [2.75, 3.05) is 6.61 Å². The summed E-state index contributed by atoms with van der Waals surface area (Å²) in [6.45, 7) is 3.54. The minimum atomic E-state index is -0.884. The Kier molecular flexibility index (Phi) is 4.16. The summed E-state index contributed by atoms with van der Waals surface area (Å²) in [7, 11) is 0. The number of carbonyl (C=O) groups is 2. The van der Waals surface area contributed by atoms with E-state index in [0.717, 1.165) is 5.56 Å². The zero-order chi connectivity index (χ0) is 15.5. The quantitative estimate of drug-likeness (QED) is 0.721. The molecule has 1 fully saturated rings. The lowest BCUT2D eigenvalue weighted by Gasteiger charge is -2.46. The lowest BCUT2D eigenvalue weighted by Crippen LogP contribution is -2.56. The number of phenols is 1. The molecule has 1 aliphatic rings. The van der Waals surface area contributed by atoms with E-state index in [-0.39, 0.29) is 25.2 Å². The number of phenolic OH excluding ortho intramolecular Hbond substituents is 1. The number of aliphatic carboxylic acids is 1. The first-order valence-electron chi connectivity index (χ1n) is 6.55. The molecule has 0 unspecified atom stereocenters. The van der Waals surface area contributed by atoms with Gasteiger partial charge in [-0.2, -0.15) is 0 Å². The Morgan fingerprint density at radius 1 is 1.38 bits per heavy atom. The number of carbonyl (C=O) groups excluding carboxylic acids is 1. The van der Waals surface area contributed by atoms with Gasteiger partial charge in [-0.1, -0.05) is 24.8 Å². The second-order valence-electron chi connectivity index (χ2n) is 5.08. The molecule has 1 aliphatic carbocycles. The number of nitrogens with one attached hydrogen (secondary N) is 1. The fourth-order valence-corrected chi connectivity index (χ4v) is 2.51. The van der Waals surface area contributed by atoms with Crippen LogP contribution in [0.1, 0.15) is 18.4 Å². The van der Waals surface area contributed by atoms with Crippen LogP contribution < -0.4 is 5.32 Å². The van der Waals surface area contributed by atoms with E-state index in [1.165, 1.54) is 18.2 Å². The highest BCUT2D eigenvalue weighted by Crippen LogP contribution is 2.46. The number of hydrogen-bond acceptors (Lipinski definition) is 4. The van der Waals surface area contributed by atoms with Crippen molar-refractivity contribution in [3.63, 3.8) is 0 Å². The number of ether oxygens (including phenoxy) is 1. The fraction of sp³-hybridized carbons (Fsp3) is 0.333. The average molecular weight is 291 g/mol. The number of benzene rings is 1. The maximum atomic E-state index is 11.7. The minimum Gasteiger partial charge on any atom is -0.508 e.